The minimum Gasteiger partial charge on any atom is -0.478 e. The van der Waals surface area contributed by atoms with Crippen LogP contribution in [0.15, 0.2) is 18.2 Å². The number of carbonyl (C=O) groups is 1. The molecule has 1 rings (SSSR count). The number of rotatable bonds is 8. The standard InChI is InChI=1S/C13H18ClNO3/c1-18-8-4-2-3-7-15-12-9-10(14)5-6-11(12)13(16)17/h5-6,9,15H,2-4,7-8H2,1H3,(H,16,17). The van der Waals surface area contributed by atoms with Gasteiger partial charge in [0.05, 0.1) is 11.3 Å². The maximum Gasteiger partial charge on any atom is 0.337 e. The lowest BCUT2D eigenvalue weighted by Crippen LogP contribution is -2.07. The highest BCUT2D eigenvalue weighted by Gasteiger charge is 2.09. The maximum absolute atomic E-state index is 11.0. The van der Waals surface area contributed by atoms with Crippen LogP contribution in [0.5, 0.6) is 0 Å². The summed E-state index contributed by atoms with van der Waals surface area (Å²) in [5.41, 5.74) is 0.818. The van der Waals surface area contributed by atoms with Crippen molar-refractivity contribution in [1.29, 1.82) is 0 Å². The number of benzene rings is 1. The van der Waals surface area contributed by atoms with E-state index in [-0.39, 0.29) is 5.56 Å². The lowest BCUT2D eigenvalue weighted by atomic mass is 10.1. The Morgan fingerprint density at radius 3 is 2.83 bits per heavy atom. The number of ether oxygens (including phenoxy) is 1. The summed E-state index contributed by atoms with van der Waals surface area (Å²) in [4.78, 5) is 11.0. The van der Waals surface area contributed by atoms with Gasteiger partial charge in [-0.05, 0) is 37.5 Å². The van der Waals surface area contributed by atoms with Gasteiger partial charge in [0, 0.05) is 25.3 Å². The third-order valence-electron chi connectivity index (χ3n) is 2.55. The number of unbranched alkanes of at least 4 members (excludes halogenated alkanes) is 2. The van der Waals surface area contributed by atoms with Crippen molar-refractivity contribution in [1.82, 2.24) is 0 Å². The molecule has 0 bridgehead atoms. The Balaban J connectivity index is 2.45. The molecule has 0 heterocycles. The highest BCUT2D eigenvalue weighted by atomic mass is 35.5. The molecule has 1 aromatic rings. The molecule has 1 aromatic carbocycles. The van der Waals surface area contributed by atoms with Crippen LogP contribution in [0.2, 0.25) is 5.02 Å². The first-order valence-electron chi connectivity index (χ1n) is 5.91. The van der Waals surface area contributed by atoms with Crippen molar-refractivity contribution in [3.8, 4) is 0 Å². The van der Waals surface area contributed by atoms with Gasteiger partial charge in [0.25, 0.3) is 0 Å². The first kappa shape index (κ1) is 14.8. The van der Waals surface area contributed by atoms with E-state index in [0.717, 1.165) is 32.4 Å². The zero-order valence-electron chi connectivity index (χ0n) is 10.4. The highest BCUT2D eigenvalue weighted by molar-refractivity contribution is 6.31. The van der Waals surface area contributed by atoms with Crippen molar-refractivity contribution in [2.24, 2.45) is 0 Å². The van der Waals surface area contributed by atoms with Crippen molar-refractivity contribution < 1.29 is 14.6 Å². The molecule has 4 nitrogen and oxygen atoms in total. The van der Waals surface area contributed by atoms with Crippen molar-refractivity contribution in [2.75, 3.05) is 25.6 Å². The minimum absolute atomic E-state index is 0.247. The second kappa shape index (κ2) is 7.95. The number of hydrogen-bond donors (Lipinski definition) is 2. The average Bonchev–Trinajstić information content (AvgIpc) is 2.33. The molecule has 0 saturated heterocycles. The van der Waals surface area contributed by atoms with Crippen molar-refractivity contribution >= 4 is 23.3 Å². The predicted molar refractivity (Wildman–Crippen MR) is 72.6 cm³/mol. The van der Waals surface area contributed by atoms with Gasteiger partial charge in [-0.3, -0.25) is 0 Å². The topological polar surface area (TPSA) is 58.6 Å². The van der Waals surface area contributed by atoms with Gasteiger partial charge in [-0.25, -0.2) is 4.79 Å². The Kier molecular flexibility index (Phi) is 6.54. The third kappa shape index (κ3) is 4.94. The van der Waals surface area contributed by atoms with Crippen LogP contribution >= 0.6 is 11.6 Å². The first-order valence-corrected chi connectivity index (χ1v) is 6.28. The second-order valence-electron chi connectivity index (χ2n) is 3.98. The van der Waals surface area contributed by atoms with Crippen LogP contribution in [-0.4, -0.2) is 31.3 Å². The second-order valence-corrected chi connectivity index (χ2v) is 4.41. The van der Waals surface area contributed by atoms with Gasteiger partial charge in [0.2, 0.25) is 0 Å². The fraction of sp³-hybridized carbons (Fsp3) is 0.462. The quantitative estimate of drug-likeness (QED) is 0.713. The average molecular weight is 272 g/mol. The third-order valence-corrected chi connectivity index (χ3v) is 2.79. The summed E-state index contributed by atoms with van der Waals surface area (Å²) < 4.78 is 4.96. The van der Waals surface area contributed by atoms with Crippen LogP contribution in [-0.2, 0) is 4.74 Å². The number of carboxylic acids is 1. The van der Waals surface area contributed by atoms with E-state index in [4.69, 9.17) is 21.4 Å². The van der Waals surface area contributed by atoms with E-state index >= 15 is 0 Å². The molecule has 0 aromatic heterocycles. The molecule has 0 unspecified atom stereocenters. The number of aromatic carboxylic acids is 1. The fourth-order valence-corrected chi connectivity index (χ4v) is 1.79. The predicted octanol–water partition coefficient (Wildman–Crippen LogP) is 3.27. The van der Waals surface area contributed by atoms with Crippen molar-refractivity contribution in [3.63, 3.8) is 0 Å². The summed E-state index contributed by atoms with van der Waals surface area (Å²) in [6, 6.07) is 4.73. The fourth-order valence-electron chi connectivity index (χ4n) is 1.62. The molecule has 0 atom stereocenters. The molecule has 18 heavy (non-hydrogen) atoms. The van der Waals surface area contributed by atoms with Crippen LogP contribution in [0.4, 0.5) is 5.69 Å². The molecule has 0 radical (unpaired) electrons. The van der Waals surface area contributed by atoms with Crippen LogP contribution in [0.1, 0.15) is 29.6 Å². The van der Waals surface area contributed by atoms with E-state index in [2.05, 4.69) is 5.32 Å². The van der Waals surface area contributed by atoms with E-state index in [1.807, 2.05) is 0 Å². The summed E-state index contributed by atoms with van der Waals surface area (Å²) in [6.45, 7) is 1.49. The zero-order valence-corrected chi connectivity index (χ0v) is 11.2. The highest BCUT2D eigenvalue weighted by Crippen LogP contribution is 2.21. The lowest BCUT2D eigenvalue weighted by molar-refractivity contribution is 0.0698. The lowest BCUT2D eigenvalue weighted by Gasteiger charge is -2.09. The molecule has 100 valence electrons. The van der Waals surface area contributed by atoms with Gasteiger partial charge in [-0.1, -0.05) is 11.6 Å². The van der Waals surface area contributed by atoms with E-state index in [9.17, 15) is 4.79 Å². The van der Waals surface area contributed by atoms with Gasteiger partial charge < -0.3 is 15.2 Å². The summed E-state index contributed by atoms with van der Waals surface area (Å²) in [6.07, 6.45) is 3.03. The van der Waals surface area contributed by atoms with Gasteiger partial charge in [-0.2, -0.15) is 0 Å². The molecule has 0 spiro atoms. The van der Waals surface area contributed by atoms with E-state index in [1.165, 1.54) is 6.07 Å². The molecule has 0 aliphatic rings. The Morgan fingerprint density at radius 1 is 1.39 bits per heavy atom. The normalized spacial score (nSPS) is 10.3. The van der Waals surface area contributed by atoms with Crippen LogP contribution in [0.25, 0.3) is 0 Å². The van der Waals surface area contributed by atoms with E-state index in [1.54, 1.807) is 19.2 Å². The van der Waals surface area contributed by atoms with Crippen LogP contribution < -0.4 is 5.32 Å². The SMILES string of the molecule is COCCCCCNc1cc(Cl)ccc1C(=O)O. The molecule has 0 aliphatic carbocycles. The zero-order chi connectivity index (χ0) is 13.4. The van der Waals surface area contributed by atoms with Crippen molar-refractivity contribution in [2.45, 2.75) is 19.3 Å². The number of nitrogens with one attached hydrogen (secondary N) is 1. The maximum atomic E-state index is 11.0. The Hall–Kier alpha value is -1.26. The molecule has 0 amide bonds. The van der Waals surface area contributed by atoms with Crippen LogP contribution in [0.3, 0.4) is 0 Å². The number of carboxylic acid groups (broad SMARTS) is 1. The Bertz CT molecular complexity index is 396. The molecule has 5 heteroatoms. The smallest absolute Gasteiger partial charge is 0.337 e. The first-order chi connectivity index (χ1) is 8.65. The van der Waals surface area contributed by atoms with Gasteiger partial charge >= 0.3 is 5.97 Å². The molecular formula is C13H18ClNO3. The molecular weight excluding hydrogens is 254 g/mol. The van der Waals surface area contributed by atoms with E-state index < -0.39 is 5.97 Å². The van der Waals surface area contributed by atoms with E-state index in [0.29, 0.717) is 10.7 Å². The monoisotopic (exact) mass is 271 g/mol. The number of hydrogen-bond acceptors (Lipinski definition) is 3. The summed E-state index contributed by atoms with van der Waals surface area (Å²) in [7, 11) is 1.68. The number of anilines is 1. The van der Waals surface area contributed by atoms with Crippen LogP contribution in [0, 0.1) is 0 Å². The molecule has 0 saturated carbocycles. The number of methoxy groups -OCH3 is 1. The van der Waals surface area contributed by atoms with Gasteiger partial charge in [-0.15, -0.1) is 0 Å². The summed E-state index contributed by atoms with van der Waals surface area (Å²) in [5, 5.41) is 12.7. The van der Waals surface area contributed by atoms with Gasteiger partial charge in [0.15, 0.2) is 0 Å². The Morgan fingerprint density at radius 2 is 2.17 bits per heavy atom. The summed E-state index contributed by atoms with van der Waals surface area (Å²) >= 11 is 5.85. The number of halogens is 1. The molecule has 0 fully saturated rings. The summed E-state index contributed by atoms with van der Waals surface area (Å²) in [5.74, 6) is -0.950. The van der Waals surface area contributed by atoms with Crippen molar-refractivity contribution in [3.05, 3.63) is 28.8 Å². The molecule has 0 aliphatic heterocycles. The molecule has 2 N–H and O–H groups in total. The van der Waals surface area contributed by atoms with Gasteiger partial charge in [0.1, 0.15) is 0 Å². The Labute approximate surface area is 112 Å². The minimum atomic E-state index is -0.950. The largest absolute Gasteiger partial charge is 0.478 e.